The molecule has 1 saturated heterocycles. The van der Waals surface area contributed by atoms with Crippen LogP contribution in [0.5, 0.6) is 0 Å². The van der Waals surface area contributed by atoms with Gasteiger partial charge in [0.25, 0.3) is 0 Å². The third kappa shape index (κ3) is 4.14. The summed E-state index contributed by atoms with van der Waals surface area (Å²) in [7, 11) is 0. The number of nitrogens with zero attached hydrogens (tertiary/aromatic N) is 3. The monoisotopic (exact) mass is 432 g/mol. The largest absolute Gasteiger partial charge is 0.354 e. The molecule has 1 amide bonds. The minimum atomic E-state index is -0.150. The number of carbonyl (C=O) groups excluding carboxylic acids is 1. The van der Waals surface area contributed by atoms with Crippen LogP contribution in [0.4, 0.5) is 11.5 Å². The third-order valence-corrected chi connectivity index (χ3v) is 6.46. The van der Waals surface area contributed by atoms with Crippen molar-refractivity contribution in [3.63, 3.8) is 0 Å². The Morgan fingerprint density at radius 3 is 2.79 bits per heavy atom. The van der Waals surface area contributed by atoms with Gasteiger partial charge in [0.1, 0.15) is 5.69 Å². The van der Waals surface area contributed by atoms with Gasteiger partial charge in [0.05, 0.1) is 26.5 Å². The van der Waals surface area contributed by atoms with Gasteiger partial charge in [-0.05, 0) is 48.6 Å². The standard InChI is InChI=1S/C20H18Cl2N4OS/c21-14-5-1-6-16(19(14)22)23-20(27)13-4-2-10-26(12-13)18-9-8-15(24-25-18)17-7-3-11-28-17/h1,3,5-9,11,13H,2,4,10,12H2,(H,23,27). The van der Waals surface area contributed by atoms with Crippen molar-refractivity contribution in [3.8, 4) is 10.6 Å². The van der Waals surface area contributed by atoms with E-state index in [1.54, 1.807) is 29.5 Å². The average Bonchev–Trinajstić information content (AvgIpc) is 3.26. The molecule has 1 aromatic carbocycles. The van der Waals surface area contributed by atoms with Crippen LogP contribution in [0.25, 0.3) is 10.6 Å². The third-order valence-electron chi connectivity index (χ3n) is 4.75. The van der Waals surface area contributed by atoms with Gasteiger partial charge in [-0.1, -0.05) is 35.3 Å². The Hall–Kier alpha value is -2.15. The highest BCUT2D eigenvalue weighted by atomic mass is 35.5. The van der Waals surface area contributed by atoms with Crippen molar-refractivity contribution >= 4 is 52.0 Å². The summed E-state index contributed by atoms with van der Waals surface area (Å²) in [6.07, 6.45) is 1.73. The van der Waals surface area contributed by atoms with Crippen LogP contribution in [-0.4, -0.2) is 29.2 Å². The number of nitrogens with one attached hydrogen (secondary N) is 1. The van der Waals surface area contributed by atoms with Crippen molar-refractivity contribution in [2.24, 2.45) is 5.92 Å². The second kappa shape index (κ2) is 8.47. The van der Waals surface area contributed by atoms with Crippen LogP contribution in [0.2, 0.25) is 10.0 Å². The molecule has 28 heavy (non-hydrogen) atoms. The van der Waals surface area contributed by atoms with Gasteiger partial charge in [0.15, 0.2) is 5.82 Å². The van der Waals surface area contributed by atoms with E-state index in [0.717, 1.165) is 35.8 Å². The first-order valence-electron chi connectivity index (χ1n) is 8.99. The summed E-state index contributed by atoms with van der Waals surface area (Å²) in [5, 5.41) is 14.4. The second-order valence-corrected chi connectivity index (χ2v) is 8.36. The first-order chi connectivity index (χ1) is 13.6. The first-order valence-corrected chi connectivity index (χ1v) is 10.6. The summed E-state index contributed by atoms with van der Waals surface area (Å²) in [6, 6.07) is 13.2. The minimum absolute atomic E-state index is 0.0583. The molecular formula is C20H18Cl2N4OS. The van der Waals surface area contributed by atoms with Crippen LogP contribution in [0.3, 0.4) is 0 Å². The predicted molar refractivity (Wildman–Crippen MR) is 115 cm³/mol. The summed E-state index contributed by atoms with van der Waals surface area (Å²) < 4.78 is 0. The molecule has 0 spiro atoms. The fraction of sp³-hybridized carbons (Fsp3) is 0.250. The molecule has 1 aliphatic heterocycles. The SMILES string of the molecule is O=C(Nc1cccc(Cl)c1Cl)C1CCCN(c2ccc(-c3cccs3)nn2)C1. The van der Waals surface area contributed by atoms with E-state index in [1.165, 1.54) is 0 Å². The van der Waals surface area contributed by atoms with Gasteiger partial charge in [0.2, 0.25) is 5.91 Å². The maximum Gasteiger partial charge on any atom is 0.229 e. The van der Waals surface area contributed by atoms with Crippen LogP contribution >= 0.6 is 34.5 Å². The highest BCUT2D eigenvalue weighted by Gasteiger charge is 2.27. The van der Waals surface area contributed by atoms with E-state index in [4.69, 9.17) is 23.2 Å². The maximum atomic E-state index is 12.7. The summed E-state index contributed by atoms with van der Waals surface area (Å²) in [4.78, 5) is 15.9. The molecule has 3 heterocycles. The maximum absolute atomic E-state index is 12.7. The lowest BCUT2D eigenvalue weighted by molar-refractivity contribution is -0.120. The number of hydrogen-bond acceptors (Lipinski definition) is 5. The molecule has 0 bridgehead atoms. The lowest BCUT2D eigenvalue weighted by Crippen LogP contribution is -2.41. The van der Waals surface area contributed by atoms with Gasteiger partial charge in [0, 0.05) is 13.1 Å². The molecule has 144 valence electrons. The first kappa shape index (κ1) is 19.2. The van der Waals surface area contributed by atoms with Gasteiger partial charge in [-0.2, -0.15) is 0 Å². The molecule has 1 unspecified atom stereocenters. The summed E-state index contributed by atoms with van der Waals surface area (Å²) >= 11 is 13.8. The van der Waals surface area contributed by atoms with Crippen molar-refractivity contribution in [3.05, 3.63) is 57.9 Å². The number of benzene rings is 1. The van der Waals surface area contributed by atoms with Crippen LogP contribution in [0, 0.1) is 5.92 Å². The Morgan fingerprint density at radius 1 is 1.14 bits per heavy atom. The van der Waals surface area contributed by atoms with Crippen molar-refractivity contribution in [1.82, 2.24) is 10.2 Å². The molecule has 0 saturated carbocycles. The molecule has 4 rings (SSSR count). The van der Waals surface area contributed by atoms with Gasteiger partial charge < -0.3 is 10.2 Å². The molecule has 0 radical (unpaired) electrons. The molecule has 8 heteroatoms. The number of amides is 1. The van der Waals surface area contributed by atoms with E-state index in [1.807, 2.05) is 29.6 Å². The van der Waals surface area contributed by atoms with Crippen molar-refractivity contribution < 1.29 is 4.79 Å². The lowest BCUT2D eigenvalue weighted by atomic mass is 9.97. The fourth-order valence-corrected chi connectivity index (χ4v) is 4.32. The Kier molecular flexibility index (Phi) is 5.80. The molecule has 5 nitrogen and oxygen atoms in total. The minimum Gasteiger partial charge on any atom is -0.354 e. The van der Waals surface area contributed by atoms with E-state index in [-0.39, 0.29) is 11.8 Å². The number of anilines is 2. The lowest BCUT2D eigenvalue weighted by Gasteiger charge is -2.32. The van der Waals surface area contributed by atoms with Gasteiger partial charge in [-0.15, -0.1) is 21.5 Å². The summed E-state index contributed by atoms with van der Waals surface area (Å²) in [5.41, 5.74) is 1.40. The van der Waals surface area contributed by atoms with Gasteiger partial charge >= 0.3 is 0 Å². The zero-order valence-electron chi connectivity index (χ0n) is 14.9. The van der Waals surface area contributed by atoms with E-state index in [2.05, 4.69) is 20.4 Å². The fourth-order valence-electron chi connectivity index (χ4n) is 3.28. The van der Waals surface area contributed by atoms with Crippen LogP contribution in [-0.2, 0) is 4.79 Å². The van der Waals surface area contributed by atoms with Crippen LogP contribution < -0.4 is 10.2 Å². The number of rotatable bonds is 4. The molecule has 3 aromatic rings. The number of piperidine rings is 1. The van der Waals surface area contributed by atoms with E-state index in [9.17, 15) is 4.79 Å². The van der Waals surface area contributed by atoms with Crippen LogP contribution in [0.15, 0.2) is 47.8 Å². The number of carbonyl (C=O) groups is 1. The van der Waals surface area contributed by atoms with E-state index < -0.39 is 0 Å². The van der Waals surface area contributed by atoms with Gasteiger partial charge in [-0.3, -0.25) is 4.79 Å². The van der Waals surface area contributed by atoms with Crippen molar-refractivity contribution in [2.75, 3.05) is 23.3 Å². The second-order valence-electron chi connectivity index (χ2n) is 6.63. The van der Waals surface area contributed by atoms with E-state index in [0.29, 0.717) is 22.3 Å². The number of hydrogen-bond donors (Lipinski definition) is 1. The average molecular weight is 433 g/mol. The van der Waals surface area contributed by atoms with E-state index >= 15 is 0 Å². The van der Waals surface area contributed by atoms with Crippen molar-refractivity contribution in [2.45, 2.75) is 12.8 Å². The molecular weight excluding hydrogens is 415 g/mol. The predicted octanol–water partition coefficient (Wildman–Crippen LogP) is 5.37. The normalized spacial score (nSPS) is 16.8. The molecule has 1 N–H and O–H groups in total. The van der Waals surface area contributed by atoms with Gasteiger partial charge in [-0.25, -0.2) is 0 Å². The van der Waals surface area contributed by atoms with Crippen LogP contribution in [0.1, 0.15) is 12.8 Å². The highest BCUT2D eigenvalue weighted by molar-refractivity contribution is 7.13. The summed E-state index contributed by atoms with van der Waals surface area (Å²) in [5.74, 6) is 0.582. The number of aromatic nitrogens is 2. The Morgan fingerprint density at radius 2 is 2.04 bits per heavy atom. The molecule has 1 fully saturated rings. The Bertz CT molecular complexity index is 963. The topological polar surface area (TPSA) is 58.1 Å². The highest BCUT2D eigenvalue weighted by Crippen LogP contribution is 2.31. The smallest absolute Gasteiger partial charge is 0.229 e. The molecule has 1 atom stereocenters. The molecule has 0 aliphatic carbocycles. The zero-order valence-corrected chi connectivity index (χ0v) is 17.3. The van der Waals surface area contributed by atoms with Crippen molar-refractivity contribution in [1.29, 1.82) is 0 Å². The Labute approximate surface area is 177 Å². The molecule has 2 aromatic heterocycles. The quantitative estimate of drug-likeness (QED) is 0.601. The summed E-state index contributed by atoms with van der Waals surface area (Å²) in [6.45, 7) is 1.45. The number of halogens is 2. The Balaban J connectivity index is 1.44. The zero-order chi connectivity index (χ0) is 19.5. The molecule has 1 aliphatic rings. The number of thiophene rings is 1.